The molecule has 1 amide bonds. The van der Waals surface area contributed by atoms with Crippen molar-refractivity contribution in [1.82, 2.24) is 20.4 Å². The van der Waals surface area contributed by atoms with E-state index in [1.165, 1.54) is 11.3 Å². The van der Waals surface area contributed by atoms with Crippen LogP contribution in [0.1, 0.15) is 56.1 Å². The van der Waals surface area contributed by atoms with Gasteiger partial charge in [-0.15, -0.1) is 0 Å². The quantitative estimate of drug-likeness (QED) is 0.435. The molecule has 3 N–H and O–H groups in total. The summed E-state index contributed by atoms with van der Waals surface area (Å²) in [6, 6.07) is 8.08. The number of guanidine groups is 1. The maximum Gasteiger partial charge on any atom is 0.224 e. The minimum absolute atomic E-state index is 0.0509. The van der Waals surface area contributed by atoms with Crippen molar-refractivity contribution in [3.05, 3.63) is 46.8 Å². The van der Waals surface area contributed by atoms with Gasteiger partial charge >= 0.3 is 0 Å². The molecule has 0 saturated carbocycles. The first kappa shape index (κ1) is 23.4. The van der Waals surface area contributed by atoms with Gasteiger partial charge in [0, 0.05) is 37.4 Å². The summed E-state index contributed by atoms with van der Waals surface area (Å²) < 4.78 is 1.94. The zero-order chi connectivity index (χ0) is 22.1. The molecule has 7 nitrogen and oxygen atoms in total. The fourth-order valence-corrected chi connectivity index (χ4v) is 3.34. The van der Waals surface area contributed by atoms with Crippen LogP contribution < -0.4 is 16.0 Å². The number of hydrogen-bond donors (Lipinski definition) is 3. The molecular formula is C23H36N6O. The number of amides is 1. The maximum atomic E-state index is 11.7. The zero-order valence-corrected chi connectivity index (χ0v) is 19.2. The van der Waals surface area contributed by atoms with Gasteiger partial charge in [-0.2, -0.15) is 5.10 Å². The molecule has 1 aromatic carbocycles. The molecule has 0 radical (unpaired) electrons. The number of anilines is 1. The van der Waals surface area contributed by atoms with Crippen molar-refractivity contribution in [2.24, 2.45) is 12.0 Å². The number of rotatable bonds is 9. The predicted molar refractivity (Wildman–Crippen MR) is 124 cm³/mol. The molecular weight excluding hydrogens is 376 g/mol. The lowest BCUT2D eigenvalue weighted by atomic mass is 10.1. The van der Waals surface area contributed by atoms with E-state index >= 15 is 0 Å². The number of aryl methyl sites for hydroxylation is 2. The second kappa shape index (κ2) is 11.4. The zero-order valence-electron chi connectivity index (χ0n) is 19.2. The molecule has 30 heavy (non-hydrogen) atoms. The lowest BCUT2D eigenvalue weighted by molar-refractivity contribution is -0.116. The van der Waals surface area contributed by atoms with Gasteiger partial charge < -0.3 is 16.0 Å². The first-order valence-electron chi connectivity index (χ1n) is 10.8. The van der Waals surface area contributed by atoms with Gasteiger partial charge in [0.25, 0.3) is 0 Å². The number of aromatic nitrogens is 2. The summed E-state index contributed by atoms with van der Waals surface area (Å²) in [5.41, 5.74) is 5.48. The molecule has 164 valence electrons. The summed E-state index contributed by atoms with van der Waals surface area (Å²) in [5.74, 6) is 0.847. The van der Waals surface area contributed by atoms with E-state index in [-0.39, 0.29) is 11.9 Å². The van der Waals surface area contributed by atoms with Crippen LogP contribution in [0.5, 0.6) is 0 Å². The Labute approximate surface area is 180 Å². The molecule has 0 bridgehead atoms. The molecule has 1 atom stereocenters. The van der Waals surface area contributed by atoms with Crippen LogP contribution in [0.4, 0.5) is 5.69 Å². The molecule has 0 aliphatic heterocycles. The Morgan fingerprint density at radius 2 is 1.90 bits per heavy atom. The molecule has 1 heterocycles. The number of hydrogen-bond acceptors (Lipinski definition) is 3. The van der Waals surface area contributed by atoms with Gasteiger partial charge in [0.15, 0.2) is 5.96 Å². The van der Waals surface area contributed by atoms with Gasteiger partial charge in [0.1, 0.15) is 0 Å². The SMILES string of the molecule is CCCC(=O)Nc1ccc(CN=C(NCC)NC(C)Cc2c(C)nn(C)c2C)cc1. The highest BCUT2D eigenvalue weighted by Crippen LogP contribution is 2.14. The van der Waals surface area contributed by atoms with E-state index in [0.717, 1.165) is 42.3 Å². The molecule has 7 heteroatoms. The summed E-state index contributed by atoms with van der Waals surface area (Å²) in [6.07, 6.45) is 2.28. The Hall–Kier alpha value is -2.83. The number of carbonyl (C=O) groups is 1. The Balaban J connectivity index is 1.97. The van der Waals surface area contributed by atoms with Gasteiger partial charge in [-0.1, -0.05) is 19.1 Å². The molecule has 2 rings (SSSR count). The third kappa shape index (κ3) is 6.90. The Morgan fingerprint density at radius 1 is 1.20 bits per heavy atom. The third-order valence-corrected chi connectivity index (χ3v) is 5.03. The molecule has 0 spiro atoms. The van der Waals surface area contributed by atoms with Gasteiger partial charge in [-0.3, -0.25) is 9.48 Å². The van der Waals surface area contributed by atoms with Crippen LogP contribution in [0.2, 0.25) is 0 Å². The third-order valence-electron chi connectivity index (χ3n) is 5.03. The highest BCUT2D eigenvalue weighted by Gasteiger charge is 2.14. The Bertz CT molecular complexity index is 853. The van der Waals surface area contributed by atoms with Crippen molar-refractivity contribution in [3.63, 3.8) is 0 Å². The molecule has 0 fully saturated rings. The van der Waals surface area contributed by atoms with E-state index in [4.69, 9.17) is 4.99 Å². The van der Waals surface area contributed by atoms with Gasteiger partial charge in [-0.05, 0) is 63.8 Å². The number of benzene rings is 1. The van der Waals surface area contributed by atoms with Crippen LogP contribution >= 0.6 is 0 Å². The predicted octanol–water partition coefficient (Wildman–Crippen LogP) is 3.46. The number of nitrogens with one attached hydrogen (secondary N) is 3. The molecule has 1 aromatic heterocycles. The van der Waals surface area contributed by atoms with Crippen molar-refractivity contribution in [1.29, 1.82) is 0 Å². The van der Waals surface area contributed by atoms with E-state index in [9.17, 15) is 4.79 Å². The van der Waals surface area contributed by atoms with Crippen LogP contribution in [-0.4, -0.2) is 34.2 Å². The van der Waals surface area contributed by atoms with Crippen LogP contribution in [-0.2, 0) is 24.8 Å². The summed E-state index contributed by atoms with van der Waals surface area (Å²) in [6.45, 7) is 11.7. The second-order valence-corrected chi connectivity index (χ2v) is 7.71. The minimum atomic E-state index is 0.0509. The molecule has 0 aliphatic carbocycles. The highest BCUT2D eigenvalue weighted by molar-refractivity contribution is 5.90. The average Bonchev–Trinajstić information content (AvgIpc) is 2.93. The monoisotopic (exact) mass is 412 g/mol. The second-order valence-electron chi connectivity index (χ2n) is 7.71. The molecule has 2 aromatic rings. The van der Waals surface area contributed by atoms with E-state index in [1.807, 2.05) is 42.9 Å². The Morgan fingerprint density at radius 3 is 2.47 bits per heavy atom. The van der Waals surface area contributed by atoms with Crippen molar-refractivity contribution in [2.45, 2.75) is 66.5 Å². The minimum Gasteiger partial charge on any atom is -0.357 e. The summed E-state index contributed by atoms with van der Waals surface area (Å²) >= 11 is 0. The van der Waals surface area contributed by atoms with Crippen molar-refractivity contribution in [2.75, 3.05) is 11.9 Å². The largest absolute Gasteiger partial charge is 0.357 e. The summed E-state index contributed by atoms with van der Waals surface area (Å²) in [7, 11) is 1.98. The van der Waals surface area contributed by atoms with Crippen LogP contribution in [0.15, 0.2) is 29.3 Å². The topological polar surface area (TPSA) is 83.3 Å². The van der Waals surface area contributed by atoms with E-state index in [2.05, 4.69) is 48.7 Å². The first-order chi connectivity index (χ1) is 14.3. The number of nitrogens with zero attached hydrogens (tertiary/aromatic N) is 3. The first-order valence-corrected chi connectivity index (χ1v) is 10.8. The standard InChI is InChI=1S/C23H36N6O/c1-7-9-22(30)27-20-12-10-19(11-13-20)15-25-23(24-8-2)26-16(3)14-21-17(4)28-29(6)18(21)5/h10-13,16H,7-9,14-15H2,1-6H3,(H,27,30)(H2,24,25,26). The van der Waals surface area contributed by atoms with Crippen LogP contribution in [0.25, 0.3) is 0 Å². The van der Waals surface area contributed by atoms with Gasteiger partial charge in [-0.25, -0.2) is 4.99 Å². The van der Waals surface area contributed by atoms with Crippen molar-refractivity contribution < 1.29 is 4.79 Å². The average molecular weight is 413 g/mol. The smallest absolute Gasteiger partial charge is 0.224 e. The van der Waals surface area contributed by atoms with Crippen LogP contribution in [0, 0.1) is 13.8 Å². The fourth-order valence-electron chi connectivity index (χ4n) is 3.34. The molecule has 0 saturated heterocycles. The normalized spacial score (nSPS) is 12.5. The lowest BCUT2D eigenvalue weighted by Gasteiger charge is -2.18. The number of carbonyl (C=O) groups excluding carboxylic acids is 1. The van der Waals surface area contributed by atoms with Crippen LogP contribution in [0.3, 0.4) is 0 Å². The van der Waals surface area contributed by atoms with Gasteiger partial charge in [0.2, 0.25) is 5.91 Å². The van der Waals surface area contributed by atoms with E-state index in [0.29, 0.717) is 13.0 Å². The summed E-state index contributed by atoms with van der Waals surface area (Å²) in [5, 5.41) is 14.2. The van der Waals surface area contributed by atoms with E-state index in [1.54, 1.807) is 0 Å². The lowest BCUT2D eigenvalue weighted by Crippen LogP contribution is -2.43. The molecule has 1 unspecified atom stereocenters. The molecule has 0 aliphatic rings. The van der Waals surface area contributed by atoms with Gasteiger partial charge in [0.05, 0.1) is 12.2 Å². The summed E-state index contributed by atoms with van der Waals surface area (Å²) in [4.78, 5) is 16.4. The van der Waals surface area contributed by atoms with Crippen molar-refractivity contribution in [3.8, 4) is 0 Å². The van der Waals surface area contributed by atoms with Crippen molar-refractivity contribution >= 4 is 17.6 Å². The highest BCUT2D eigenvalue weighted by atomic mass is 16.1. The number of aliphatic imine (C=N–C) groups is 1. The fraction of sp³-hybridized carbons (Fsp3) is 0.522. The Kier molecular flexibility index (Phi) is 8.89. The maximum absolute atomic E-state index is 11.7. The van der Waals surface area contributed by atoms with E-state index < -0.39 is 0 Å².